The first kappa shape index (κ1) is 10.0. The van der Waals surface area contributed by atoms with Crippen molar-refractivity contribution in [2.75, 3.05) is 12.8 Å². The van der Waals surface area contributed by atoms with Gasteiger partial charge >= 0.3 is 0 Å². The van der Waals surface area contributed by atoms with Crippen LogP contribution in [0.1, 0.15) is 0 Å². The van der Waals surface area contributed by atoms with Gasteiger partial charge in [0.25, 0.3) is 0 Å². The van der Waals surface area contributed by atoms with Crippen LogP contribution in [-0.4, -0.2) is 16.9 Å². The second kappa shape index (κ2) is 3.94. The molecule has 0 saturated carbocycles. The zero-order valence-electron chi connectivity index (χ0n) is 8.14. The largest absolute Gasteiger partial charge is 0.479 e. The van der Waals surface area contributed by atoms with Crippen LogP contribution in [0.3, 0.4) is 0 Å². The molecular formula is C10H10BrN3O. The fourth-order valence-corrected chi connectivity index (χ4v) is 1.70. The van der Waals surface area contributed by atoms with Gasteiger partial charge in [0.2, 0.25) is 5.88 Å². The number of hydrogen-bond donors (Lipinski definition) is 1. The van der Waals surface area contributed by atoms with Gasteiger partial charge in [-0.15, -0.1) is 5.10 Å². The molecule has 1 aromatic carbocycles. The van der Waals surface area contributed by atoms with Gasteiger partial charge in [0.05, 0.1) is 12.8 Å². The normalized spacial score (nSPS) is 10.3. The van der Waals surface area contributed by atoms with Crippen molar-refractivity contribution in [2.24, 2.45) is 0 Å². The van der Waals surface area contributed by atoms with Gasteiger partial charge in [-0.05, 0) is 28.1 Å². The molecule has 2 rings (SSSR count). The number of nitrogens with two attached hydrogens (primary N) is 1. The van der Waals surface area contributed by atoms with Crippen LogP contribution in [0.2, 0.25) is 0 Å². The predicted molar refractivity (Wildman–Crippen MR) is 62.2 cm³/mol. The summed E-state index contributed by atoms with van der Waals surface area (Å²) in [6.07, 6.45) is 0. The molecular weight excluding hydrogens is 258 g/mol. The Labute approximate surface area is 95.8 Å². The highest BCUT2D eigenvalue weighted by Crippen LogP contribution is 2.31. The average Bonchev–Trinajstić information content (AvgIpc) is 2.57. The van der Waals surface area contributed by atoms with Crippen molar-refractivity contribution in [3.8, 4) is 11.6 Å². The van der Waals surface area contributed by atoms with Crippen molar-refractivity contribution in [2.45, 2.75) is 0 Å². The van der Waals surface area contributed by atoms with Crippen molar-refractivity contribution in [1.29, 1.82) is 0 Å². The lowest BCUT2D eigenvalue weighted by Gasteiger charge is -2.01. The summed E-state index contributed by atoms with van der Waals surface area (Å²) in [5.74, 6) is 1.01. The molecule has 0 radical (unpaired) electrons. The third-order valence-corrected chi connectivity index (χ3v) is 2.77. The monoisotopic (exact) mass is 267 g/mol. The number of aromatic nitrogens is 2. The Morgan fingerprint density at radius 1 is 1.33 bits per heavy atom. The highest BCUT2D eigenvalue weighted by molar-refractivity contribution is 9.10. The van der Waals surface area contributed by atoms with Crippen molar-refractivity contribution in [3.05, 3.63) is 34.8 Å². The van der Waals surface area contributed by atoms with E-state index in [0.717, 1.165) is 5.69 Å². The first-order chi connectivity index (χ1) is 7.24. The smallest absolute Gasteiger partial charge is 0.249 e. The van der Waals surface area contributed by atoms with E-state index in [0.29, 0.717) is 16.2 Å². The third kappa shape index (κ3) is 1.70. The zero-order valence-corrected chi connectivity index (χ0v) is 9.73. The number of nitrogens with zero attached hydrogens (tertiary/aromatic N) is 2. The highest BCUT2D eigenvalue weighted by atomic mass is 79.9. The summed E-state index contributed by atoms with van der Waals surface area (Å²) in [5, 5.41) is 4.22. The number of anilines is 1. The molecule has 0 saturated heterocycles. The lowest BCUT2D eigenvalue weighted by Crippen LogP contribution is -2.01. The predicted octanol–water partition coefficient (Wildman–Crippen LogP) is 2.23. The lowest BCUT2D eigenvalue weighted by atomic mass is 10.3. The van der Waals surface area contributed by atoms with Crippen LogP contribution in [0.15, 0.2) is 34.8 Å². The second-order valence-corrected chi connectivity index (χ2v) is 3.75. The van der Waals surface area contributed by atoms with Crippen LogP contribution in [0, 0.1) is 0 Å². The van der Waals surface area contributed by atoms with E-state index in [2.05, 4.69) is 21.0 Å². The molecule has 78 valence electrons. The molecule has 5 heteroatoms. The minimum absolute atomic E-state index is 0.483. The number of ether oxygens (including phenoxy) is 1. The van der Waals surface area contributed by atoms with E-state index >= 15 is 0 Å². The Morgan fingerprint density at radius 2 is 2.00 bits per heavy atom. The number of benzene rings is 1. The van der Waals surface area contributed by atoms with Crippen LogP contribution in [0.4, 0.5) is 5.82 Å². The van der Waals surface area contributed by atoms with E-state index in [9.17, 15) is 0 Å². The van der Waals surface area contributed by atoms with Gasteiger partial charge in [-0.25, -0.2) is 4.68 Å². The van der Waals surface area contributed by atoms with Crippen molar-refractivity contribution in [3.63, 3.8) is 0 Å². The molecule has 0 unspecified atom stereocenters. The van der Waals surface area contributed by atoms with Gasteiger partial charge in [0.1, 0.15) is 10.3 Å². The topological polar surface area (TPSA) is 53.1 Å². The molecule has 15 heavy (non-hydrogen) atoms. The van der Waals surface area contributed by atoms with E-state index in [1.165, 1.54) is 0 Å². The number of nitrogen functional groups attached to an aromatic ring is 1. The maximum Gasteiger partial charge on any atom is 0.249 e. The molecule has 0 spiro atoms. The summed E-state index contributed by atoms with van der Waals surface area (Å²) in [6.45, 7) is 0. The van der Waals surface area contributed by atoms with Gasteiger partial charge in [0.15, 0.2) is 0 Å². The SMILES string of the molecule is COc1nn(-c2ccccc2)c(N)c1Br. The Morgan fingerprint density at radius 3 is 2.53 bits per heavy atom. The number of methoxy groups -OCH3 is 1. The van der Waals surface area contributed by atoms with E-state index < -0.39 is 0 Å². The summed E-state index contributed by atoms with van der Waals surface area (Å²) in [4.78, 5) is 0. The third-order valence-electron chi connectivity index (χ3n) is 2.03. The molecule has 0 amide bonds. The van der Waals surface area contributed by atoms with Crippen LogP contribution < -0.4 is 10.5 Å². The first-order valence-electron chi connectivity index (χ1n) is 4.37. The lowest BCUT2D eigenvalue weighted by molar-refractivity contribution is 0.392. The average molecular weight is 268 g/mol. The van der Waals surface area contributed by atoms with E-state index in [4.69, 9.17) is 10.5 Å². The second-order valence-electron chi connectivity index (χ2n) is 2.96. The van der Waals surface area contributed by atoms with Crippen LogP contribution in [0.5, 0.6) is 5.88 Å². The van der Waals surface area contributed by atoms with Crippen LogP contribution in [-0.2, 0) is 0 Å². The number of halogens is 1. The Balaban J connectivity index is 2.55. The van der Waals surface area contributed by atoms with E-state index in [1.54, 1.807) is 11.8 Å². The Bertz CT molecular complexity index is 467. The van der Waals surface area contributed by atoms with E-state index in [-0.39, 0.29) is 0 Å². The van der Waals surface area contributed by atoms with Crippen molar-refractivity contribution in [1.82, 2.24) is 9.78 Å². The summed E-state index contributed by atoms with van der Waals surface area (Å²) < 4.78 is 7.37. The van der Waals surface area contributed by atoms with Gasteiger partial charge < -0.3 is 10.5 Å². The maximum absolute atomic E-state index is 5.88. The highest BCUT2D eigenvalue weighted by Gasteiger charge is 2.14. The fourth-order valence-electron chi connectivity index (χ4n) is 1.29. The van der Waals surface area contributed by atoms with Crippen LogP contribution >= 0.6 is 15.9 Å². The molecule has 4 nitrogen and oxygen atoms in total. The number of hydrogen-bond acceptors (Lipinski definition) is 3. The Kier molecular flexibility index (Phi) is 2.64. The molecule has 1 aromatic heterocycles. The molecule has 0 aliphatic rings. The number of para-hydroxylation sites is 1. The molecule has 0 aliphatic carbocycles. The Hall–Kier alpha value is -1.49. The standard InChI is InChI=1S/C10H10BrN3O/c1-15-10-8(11)9(12)14(13-10)7-5-3-2-4-6-7/h2-6H,12H2,1H3. The van der Waals surface area contributed by atoms with Crippen LogP contribution in [0.25, 0.3) is 5.69 Å². The molecule has 2 N–H and O–H groups in total. The zero-order chi connectivity index (χ0) is 10.8. The molecule has 0 bridgehead atoms. The minimum Gasteiger partial charge on any atom is -0.479 e. The van der Waals surface area contributed by atoms with Gasteiger partial charge in [-0.1, -0.05) is 18.2 Å². The summed E-state index contributed by atoms with van der Waals surface area (Å²) in [7, 11) is 1.56. The summed E-state index contributed by atoms with van der Waals surface area (Å²) in [5.41, 5.74) is 6.79. The molecule has 1 heterocycles. The van der Waals surface area contributed by atoms with E-state index in [1.807, 2.05) is 30.3 Å². The van der Waals surface area contributed by atoms with Gasteiger partial charge in [0, 0.05) is 0 Å². The van der Waals surface area contributed by atoms with Crippen molar-refractivity contribution < 1.29 is 4.74 Å². The van der Waals surface area contributed by atoms with Gasteiger partial charge in [-0.3, -0.25) is 0 Å². The molecule has 0 atom stereocenters. The minimum atomic E-state index is 0.483. The summed E-state index contributed by atoms with van der Waals surface area (Å²) in [6, 6.07) is 9.65. The van der Waals surface area contributed by atoms with Crippen molar-refractivity contribution >= 4 is 21.7 Å². The molecule has 0 fully saturated rings. The first-order valence-corrected chi connectivity index (χ1v) is 5.16. The number of rotatable bonds is 2. The molecule has 2 aromatic rings. The maximum atomic E-state index is 5.88. The quantitative estimate of drug-likeness (QED) is 0.908. The fraction of sp³-hybridized carbons (Fsp3) is 0.100. The molecule has 0 aliphatic heterocycles. The van der Waals surface area contributed by atoms with Gasteiger partial charge in [-0.2, -0.15) is 0 Å². The summed E-state index contributed by atoms with van der Waals surface area (Å²) >= 11 is 3.33.